The highest BCUT2D eigenvalue weighted by Gasteiger charge is 1.99. The van der Waals surface area contributed by atoms with E-state index in [1.54, 1.807) is 4.68 Å². The molecule has 0 aromatic carbocycles. The first-order chi connectivity index (χ1) is 11.7. The zero-order valence-electron chi connectivity index (χ0n) is 15.4. The van der Waals surface area contributed by atoms with Gasteiger partial charge in [0.2, 0.25) is 0 Å². The molecule has 0 spiro atoms. The van der Waals surface area contributed by atoms with Gasteiger partial charge in [0.15, 0.2) is 0 Å². The minimum Gasteiger partial charge on any atom is -0.481 e. The molecule has 1 heterocycles. The Hall–Kier alpha value is -1.39. The molecule has 0 aliphatic carbocycles. The van der Waals surface area contributed by atoms with E-state index < -0.39 is 5.97 Å². The maximum Gasteiger partial charge on any atom is 0.303 e. The zero-order chi connectivity index (χ0) is 17.5. The minimum absolute atomic E-state index is 0.332. The number of rotatable bonds is 16. The van der Waals surface area contributed by atoms with Crippen LogP contribution in [0, 0.1) is 0 Å². The Labute approximate surface area is 146 Å². The number of hydrogen-bond acceptors (Lipinski definition) is 3. The summed E-state index contributed by atoms with van der Waals surface area (Å²) < 4.78 is 1.77. The average molecular weight is 338 g/mol. The fourth-order valence-electron chi connectivity index (χ4n) is 3.04. The maximum absolute atomic E-state index is 10.4. The number of carboxylic acid groups (broad SMARTS) is 1. The van der Waals surface area contributed by atoms with Crippen LogP contribution in [0.1, 0.15) is 95.6 Å². The molecule has 1 aromatic rings. The van der Waals surface area contributed by atoms with Crippen molar-refractivity contribution in [3.63, 3.8) is 0 Å². The molecule has 5 heteroatoms. The molecule has 0 aliphatic rings. The Bertz CT molecular complexity index is 432. The minimum atomic E-state index is -0.663. The van der Waals surface area contributed by atoms with E-state index in [0.29, 0.717) is 6.42 Å². The van der Waals surface area contributed by atoms with Crippen LogP contribution in [0.3, 0.4) is 0 Å². The van der Waals surface area contributed by atoms with Crippen LogP contribution in [0.5, 0.6) is 0 Å². The van der Waals surface area contributed by atoms with E-state index in [2.05, 4.69) is 10.3 Å². The molecule has 0 radical (unpaired) electrons. The van der Waals surface area contributed by atoms with Crippen molar-refractivity contribution in [2.75, 3.05) is 0 Å². The first-order valence-electron chi connectivity index (χ1n) is 9.75. The second-order valence-electron chi connectivity index (χ2n) is 6.87. The number of aliphatic carboxylic acids is 1. The average Bonchev–Trinajstić information content (AvgIpc) is 2.96. The second-order valence-corrected chi connectivity index (χ2v) is 6.87. The van der Waals surface area contributed by atoms with Crippen LogP contribution in [0.4, 0.5) is 0 Å². The van der Waals surface area contributed by atoms with Crippen molar-refractivity contribution >= 4 is 5.97 Å². The summed E-state index contributed by atoms with van der Waals surface area (Å²) in [6.07, 6.45) is 19.7. The van der Waals surface area contributed by atoms with Gasteiger partial charge in [0.05, 0.1) is 5.69 Å². The third kappa shape index (κ3) is 12.1. The topological polar surface area (TPSA) is 68.0 Å². The van der Waals surface area contributed by atoms with E-state index in [-0.39, 0.29) is 0 Å². The highest BCUT2D eigenvalue weighted by Crippen LogP contribution is 2.13. The Morgan fingerprint density at radius 2 is 1.33 bits per heavy atom. The van der Waals surface area contributed by atoms with Crippen LogP contribution < -0.4 is 0 Å². The molecular formula is C19H35N3O2. The number of aromatic nitrogens is 3. The molecule has 24 heavy (non-hydrogen) atoms. The van der Waals surface area contributed by atoms with E-state index in [0.717, 1.165) is 25.0 Å². The van der Waals surface area contributed by atoms with E-state index in [9.17, 15) is 4.79 Å². The number of carbonyl (C=O) groups is 1. The van der Waals surface area contributed by atoms with Crippen LogP contribution in [0.25, 0.3) is 0 Å². The van der Waals surface area contributed by atoms with E-state index >= 15 is 0 Å². The van der Waals surface area contributed by atoms with Gasteiger partial charge in [-0.1, -0.05) is 75.8 Å². The summed E-state index contributed by atoms with van der Waals surface area (Å²) in [5.41, 5.74) is 1.11. The van der Waals surface area contributed by atoms with Crippen LogP contribution in [0.2, 0.25) is 0 Å². The fourth-order valence-corrected chi connectivity index (χ4v) is 3.04. The number of aryl methyl sites for hydroxylation is 2. The molecule has 1 N–H and O–H groups in total. The lowest BCUT2D eigenvalue weighted by Crippen LogP contribution is -1.93. The number of hydrogen-bond donors (Lipinski definition) is 1. The van der Waals surface area contributed by atoms with Crippen molar-refractivity contribution < 1.29 is 9.90 Å². The molecule has 0 saturated heterocycles. The highest BCUT2D eigenvalue weighted by molar-refractivity contribution is 5.66. The molecule has 138 valence electrons. The summed E-state index contributed by atoms with van der Waals surface area (Å²) in [5, 5.41) is 16.6. The van der Waals surface area contributed by atoms with Crippen molar-refractivity contribution in [3.05, 3.63) is 11.9 Å². The first-order valence-corrected chi connectivity index (χ1v) is 9.75. The smallest absolute Gasteiger partial charge is 0.303 e. The van der Waals surface area contributed by atoms with E-state index in [1.165, 1.54) is 70.6 Å². The standard InChI is InChI=1S/C19H35N3O2/c1-22-17-18(20-21-22)15-13-11-9-7-5-3-2-4-6-8-10-12-14-16-19(23)24/h17H,2-16H2,1H3,(H,23,24). The van der Waals surface area contributed by atoms with Crippen molar-refractivity contribution in [1.29, 1.82) is 0 Å². The van der Waals surface area contributed by atoms with Crippen molar-refractivity contribution in [3.8, 4) is 0 Å². The molecule has 0 amide bonds. The molecule has 5 nitrogen and oxygen atoms in total. The molecular weight excluding hydrogens is 302 g/mol. The Kier molecular flexibility index (Phi) is 12.0. The third-order valence-electron chi connectivity index (χ3n) is 4.47. The lowest BCUT2D eigenvalue weighted by Gasteiger charge is -2.03. The molecule has 0 saturated carbocycles. The first kappa shape index (κ1) is 20.7. The molecule has 0 unspecified atom stereocenters. The fraction of sp³-hybridized carbons (Fsp3) is 0.842. The number of nitrogens with zero attached hydrogens (tertiary/aromatic N) is 3. The largest absolute Gasteiger partial charge is 0.481 e. The van der Waals surface area contributed by atoms with Gasteiger partial charge in [0.25, 0.3) is 0 Å². The van der Waals surface area contributed by atoms with Gasteiger partial charge in [-0.05, 0) is 19.3 Å². The van der Waals surface area contributed by atoms with Gasteiger partial charge in [-0.25, -0.2) is 0 Å². The number of carboxylic acids is 1. The third-order valence-corrected chi connectivity index (χ3v) is 4.47. The van der Waals surface area contributed by atoms with Gasteiger partial charge in [0, 0.05) is 19.7 Å². The Morgan fingerprint density at radius 1 is 0.875 bits per heavy atom. The molecule has 0 fully saturated rings. The van der Waals surface area contributed by atoms with Crippen molar-refractivity contribution in [2.24, 2.45) is 7.05 Å². The van der Waals surface area contributed by atoms with Gasteiger partial charge < -0.3 is 5.11 Å². The van der Waals surface area contributed by atoms with Crippen LogP contribution >= 0.6 is 0 Å². The molecule has 0 aliphatic heterocycles. The molecule has 0 atom stereocenters. The summed E-state index contributed by atoms with van der Waals surface area (Å²) in [7, 11) is 1.91. The predicted octanol–water partition coefficient (Wildman–Crippen LogP) is 4.90. The van der Waals surface area contributed by atoms with Gasteiger partial charge in [-0.15, -0.1) is 5.10 Å². The van der Waals surface area contributed by atoms with Gasteiger partial charge in [-0.3, -0.25) is 9.48 Å². The van der Waals surface area contributed by atoms with Crippen LogP contribution in [-0.4, -0.2) is 26.1 Å². The summed E-state index contributed by atoms with van der Waals surface area (Å²) in [5.74, 6) is -0.663. The maximum atomic E-state index is 10.4. The van der Waals surface area contributed by atoms with E-state index in [4.69, 9.17) is 5.11 Å². The Balaban J connectivity index is 1.72. The van der Waals surface area contributed by atoms with Crippen molar-refractivity contribution in [2.45, 2.75) is 96.3 Å². The lowest BCUT2D eigenvalue weighted by molar-refractivity contribution is -0.137. The predicted molar refractivity (Wildman–Crippen MR) is 97.0 cm³/mol. The SMILES string of the molecule is Cn1cc(CCCCCCCCCCCCCCCC(=O)O)nn1. The Morgan fingerprint density at radius 3 is 1.75 bits per heavy atom. The lowest BCUT2D eigenvalue weighted by atomic mass is 10.0. The highest BCUT2D eigenvalue weighted by atomic mass is 16.4. The van der Waals surface area contributed by atoms with Crippen molar-refractivity contribution in [1.82, 2.24) is 15.0 Å². The molecule has 1 aromatic heterocycles. The monoisotopic (exact) mass is 337 g/mol. The quantitative estimate of drug-likeness (QED) is 0.435. The normalized spacial score (nSPS) is 11.0. The molecule has 0 bridgehead atoms. The van der Waals surface area contributed by atoms with Crippen LogP contribution in [-0.2, 0) is 18.3 Å². The van der Waals surface area contributed by atoms with E-state index in [1.807, 2.05) is 13.2 Å². The van der Waals surface area contributed by atoms with Gasteiger partial charge in [-0.2, -0.15) is 0 Å². The second kappa shape index (κ2) is 14.0. The summed E-state index contributed by atoms with van der Waals surface area (Å²) in [6.45, 7) is 0. The van der Waals surface area contributed by atoms with Crippen LogP contribution in [0.15, 0.2) is 6.20 Å². The summed E-state index contributed by atoms with van der Waals surface area (Å²) >= 11 is 0. The van der Waals surface area contributed by atoms with Gasteiger partial charge in [0.1, 0.15) is 0 Å². The molecule has 1 rings (SSSR count). The van der Waals surface area contributed by atoms with Gasteiger partial charge >= 0.3 is 5.97 Å². The summed E-state index contributed by atoms with van der Waals surface area (Å²) in [6, 6.07) is 0. The number of unbranched alkanes of at least 4 members (excludes halogenated alkanes) is 12. The zero-order valence-corrected chi connectivity index (χ0v) is 15.4. The summed E-state index contributed by atoms with van der Waals surface area (Å²) in [4.78, 5) is 10.4.